The van der Waals surface area contributed by atoms with Crippen LogP contribution in [0.3, 0.4) is 0 Å². The molecular formula is C24H29BrCl2N2O3. The first-order valence-corrected chi connectivity index (χ1v) is 12.1. The number of rotatable bonds is 10. The van der Waals surface area contributed by atoms with E-state index in [1.165, 1.54) is 4.90 Å². The summed E-state index contributed by atoms with van der Waals surface area (Å²) >= 11 is 15.9. The van der Waals surface area contributed by atoms with Crippen LogP contribution in [0.5, 0.6) is 5.75 Å². The summed E-state index contributed by atoms with van der Waals surface area (Å²) in [6.45, 7) is 8.22. The number of nitrogens with zero attached hydrogens (tertiary/aromatic N) is 1. The summed E-state index contributed by atoms with van der Waals surface area (Å²) < 4.78 is 6.79. The van der Waals surface area contributed by atoms with Crippen LogP contribution in [0.4, 0.5) is 0 Å². The van der Waals surface area contributed by atoms with E-state index in [1.807, 2.05) is 26.0 Å². The van der Waals surface area contributed by atoms with Crippen molar-refractivity contribution >= 4 is 50.9 Å². The van der Waals surface area contributed by atoms with Gasteiger partial charge in [0.25, 0.3) is 5.91 Å². The molecule has 2 aromatic carbocycles. The second kappa shape index (κ2) is 12.5. The Labute approximate surface area is 208 Å². The van der Waals surface area contributed by atoms with Crippen molar-refractivity contribution in [2.75, 3.05) is 13.2 Å². The van der Waals surface area contributed by atoms with E-state index >= 15 is 0 Å². The smallest absolute Gasteiger partial charge is 0.261 e. The lowest BCUT2D eigenvalue weighted by molar-refractivity contribution is -0.142. The third-order valence-electron chi connectivity index (χ3n) is 5.12. The van der Waals surface area contributed by atoms with Crippen molar-refractivity contribution in [1.82, 2.24) is 10.2 Å². The standard InChI is InChI=1S/C24H29BrCl2N2O3/c1-5-6-9-28-24(31)17(4)29(13-18-7-8-19(26)12-21(18)27)22(30)14-32-20-10-15(2)23(25)16(3)11-20/h7-8,10-12,17H,5-6,9,13-14H2,1-4H3,(H,28,31)/t17-/m0/s1. The van der Waals surface area contributed by atoms with Gasteiger partial charge in [-0.1, -0.05) is 58.5 Å². The molecule has 0 radical (unpaired) electrons. The molecule has 1 N–H and O–H groups in total. The molecule has 2 amide bonds. The zero-order valence-electron chi connectivity index (χ0n) is 18.8. The van der Waals surface area contributed by atoms with Crippen molar-refractivity contribution in [2.24, 2.45) is 0 Å². The maximum Gasteiger partial charge on any atom is 0.261 e. The summed E-state index contributed by atoms with van der Waals surface area (Å²) in [7, 11) is 0. The highest BCUT2D eigenvalue weighted by atomic mass is 79.9. The Morgan fingerprint density at radius 3 is 2.41 bits per heavy atom. The first-order valence-electron chi connectivity index (χ1n) is 10.5. The Morgan fingerprint density at radius 2 is 1.81 bits per heavy atom. The van der Waals surface area contributed by atoms with Gasteiger partial charge in [0.1, 0.15) is 11.8 Å². The van der Waals surface area contributed by atoms with E-state index < -0.39 is 6.04 Å². The zero-order chi connectivity index (χ0) is 23.8. The zero-order valence-corrected chi connectivity index (χ0v) is 21.9. The Balaban J connectivity index is 2.20. The van der Waals surface area contributed by atoms with Crippen LogP contribution in [-0.2, 0) is 16.1 Å². The highest BCUT2D eigenvalue weighted by molar-refractivity contribution is 9.10. The first-order chi connectivity index (χ1) is 15.1. The lowest BCUT2D eigenvalue weighted by Crippen LogP contribution is -2.49. The van der Waals surface area contributed by atoms with Gasteiger partial charge in [-0.2, -0.15) is 0 Å². The largest absolute Gasteiger partial charge is 0.484 e. The molecule has 2 rings (SSSR count). The summed E-state index contributed by atoms with van der Waals surface area (Å²) in [6, 6.07) is 8.13. The van der Waals surface area contributed by atoms with Crippen LogP contribution in [0.1, 0.15) is 43.4 Å². The molecule has 0 aliphatic heterocycles. The Hall–Kier alpha value is -1.76. The number of benzene rings is 2. The van der Waals surface area contributed by atoms with E-state index in [2.05, 4.69) is 28.2 Å². The number of unbranched alkanes of at least 4 members (excludes halogenated alkanes) is 1. The molecule has 32 heavy (non-hydrogen) atoms. The normalized spacial score (nSPS) is 11.7. The first kappa shape index (κ1) is 26.5. The summed E-state index contributed by atoms with van der Waals surface area (Å²) in [6.07, 6.45) is 1.85. The van der Waals surface area contributed by atoms with Crippen molar-refractivity contribution in [3.8, 4) is 5.75 Å². The van der Waals surface area contributed by atoms with E-state index in [-0.39, 0.29) is 25.0 Å². The Bertz CT molecular complexity index is 945. The fourth-order valence-corrected chi connectivity index (χ4v) is 3.87. The number of ether oxygens (including phenoxy) is 1. The van der Waals surface area contributed by atoms with Gasteiger partial charge in [0.2, 0.25) is 5.91 Å². The monoisotopic (exact) mass is 542 g/mol. The van der Waals surface area contributed by atoms with Gasteiger partial charge in [0.05, 0.1) is 0 Å². The molecule has 0 aromatic heterocycles. The highest BCUT2D eigenvalue weighted by Gasteiger charge is 2.27. The fourth-order valence-electron chi connectivity index (χ4n) is 3.17. The molecule has 8 heteroatoms. The molecule has 0 heterocycles. The van der Waals surface area contributed by atoms with Crippen LogP contribution in [0.15, 0.2) is 34.8 Å². The van der Waals surface area contributed by atoms with E-state index in [1.54, 1.807) is 25.1 Å². The van der Waals surface area contributed by atoms with Crippen LogP contribution < -0.4 is 10.1 Å². The summed E-state index contributed by atoms with van der Waals surface area (Å²) in [5.41, 5.74) is 2.73. The van der Waals surface area contributed by atoms with Gasteiger partial charge in [-0.15, -0.1) is 0 Å². The summed E-state index contributed by atoms with van der Waals surface area (Å²) in [5.74, 6) is 0.0701. The van der Waals surface area contributed by atoms with Gasteiger partial charge in [0.15, 0.2) is 6.61 Å². The summed E-state index contributed by atoms with van der Waals surface area (Å²) in [4.78, 5) is 27.3. The molecule has 0 saturated heterocycles. The van der Waals surface area contributed by atoms with Gasteiger partial charge in [-0.05, 0) is 68.1 Å². The van der Waals surface area contributed by atoms with Gasteiger partial charge in [0, 0.05) is 27.6 Å². The second-order valence-corrected chi connectivity index (χ2v) is 9.37. The summed E-state index contributed by atoms with van der Waals surface area (Å²) in [5, 5.41) is 3.83. The van der Waals surface area contributed by atoms with E-state index in [9.17, 15) is 9.59 Å². The predicted octanol–water partition coefficient (Wildman–Crippen LogP) is 6.09. The molecule has 1 atom stereocenters. The number of carbonyl (C=O) groups is 2. The van der Waals surface area contributed by atoms with Crippen LogP contribution in [0.25, 0.3) is 0 Å². The predicted molar refractivity (Wildman–Crippen MR) is 134 cm³/mol. The third-order valence-corrected chi connectivity index (χ3v) is 6.96. The molecule has 0 aliphatic rings. The molecule has 0 spiro atoms. The average molecular weight is 544 g/mol. The number of hydrogen-bond donors (Lipinski definition) is 1. The van der Waals surface area contributed by atoms with Crippen LogP contribution in [-0.4, -0.2) is 35.9 Å². The van der Waals surface area contributed by atoms with E-state index in [0.717, 1.165) is 28.4 Å². The van der Waals surface area contributed by atoms with Crippen molar-refractivity contribution in [2.45, 2.75) is 53.1 Å². The number of aryl methyl sites for hydroxylation is 2. The minimum absolute atomic E-state index is 0.166. The number of nitrogens with one attached hydrogen (secondary N) is 1. The fraction of sp³-hybridized carbons (Fsp3) is 0.417. The molecule has 2 aromatic rings. The molecule has 0 saturated carbocycles. The van der Waals surface area contributed by atoms with Gasteiger partial charge in [-0.3, -0.25) is 9.59 Å². The number of halogens is 3. The van der Waals surface area contributed by atoms with Crippen LogP contribution in [0, 0.1) is 13.8 Å². The quantitative estimate of drug-likeness (QED) is 0.369. The molecule has 0 aliphatic carbocycles. The van der Waals surface area contributed by atoms with Gasteiger partial charge < -0.3 is 15.0 Å². The molecule has 0 unspecified atom stereocenters. The minimum atomic E-state index is -0.692. The second-order valence-electron chi connectivity index (χ2n) is 7.74. The lowest BCUT2D eigenvalue weighted by atomic mass is 10.1. The van der Waals surface area contributed by atoms with Crippen molar-refractivity contribution < 1.29 is 14.3 Å². The van der Waals surface area contributed by atoms with Gasteiger partial charge in [-0.25, -0.2) is 0 Å². The molecule has 0 bridgehead atoms. The van der Waals surface area contributed by atoms with E-state index in [0.29, 0.717) is 27.9 Å². The number of carbonyl (C=O) groups excluding carboxylic acids is 2. The van der Waals surface area contributed by atoms with Crippen LogP contribution >= 0.6 is 39.1 Å². The molecule has 5 nitrogen and oxygen atoms in total. The lowest BCUT2D eigenvalue weighted by Gasteiger charge is -2.29. The SMILES string of the molecule is CCCCNC(=O)[C@H](C)N(Cc1ccc(Cl)cc1Cl)C(=O)COc1cc(C)c(Br)c(C)c1. The highest BCUT2D eigenvalue weighted by Crippen LogP contribution is 2.27. The minimum Gasteiger partial charge on any atom is -0.484 e. The topological polar surface area (TPSA) is 58.6 Å². The van der Waals surface area contributed by atoms with Crippen molar-refractivity contribution in [1.29, 1.82) is 0 Å². The maximum atomic E-state index is 13.2. The van der Waals surface area contributed by atoms with Crippen molar-refractivity contribution in [3.05, 3.63) is 61.5 Å². The Kier molecular flexibility index (Phi) is 10.3. The van der Waals surface area contributed by atoms with Gasteiger partial charge >= 0.3 is 0 Å². The average Bonchev–Trinajstić information content (AvgIpc) is 2.74. The molecule has 0 fully saturated rings. The third kappa shape index (κ3) is 7.39. The Morgan fingerprint density at radius 1 is 1.16 bits per heavy atom. The molecule has 174 valence electrons. The number of hydrogen-bond acceptors (Lipinski definition) is 3. The van der Waals surface area contributed by atoms with E-state index in [4.69, 9.17) is 27.9 Å². The maximum absolute atomic E-state index is 13.2. The van der Waals surface area contributed by atoms with Crippen LogP contribution in [0.2, 0.25) is 10.0 Å². The number of amides is 2. The molecular weight excluding hydrogens is 515 g/mol. The van der Waals surface area contributed by atoms with Crippen molar-refractivity contribution in [3.63, 3.8) is 0 Å².